The lowest BCUT2D eigenvalue weighted by molar-refractivity contribution is 0.175. The predicted molar refractivity (Wildman–Crippen MR) is 76.3 cm³/mol. The highest BCUT2D eigenvalue weighted by molar-refractivity contribution is 5.75. The maximum Gasteiger partial charge on any atom is 0.318 e. The molecule has 0 saturated carbocycles. The molecule has 0 fully saturated rings. The van der Waals surface area contributed by atoms with Crippen molar-refractivity contribution in [3.05, 3.63) is 46.8 Å². The first kappa shape index (κ1) is 15.0. The largest absolute Gasteiger partial charge is 0.331 e. The fraction of sp³-hybridized carbons (Fsp3) is 0.400. The molecule has 4 rings (SSSR count). The van der Waals surface area contributed by atoms with Gasteiger partial charge in [-0.2, -0.15) is 5.10 Å². The van der Waals surface area contributed by atoms with Crippen LogP contribution >= 0.6 is 0 Å². The number of benzene rings is 1. The van der Waals surface area contributed by atoms with Crippen LogP contribution in [-0.4, -0.2) is 32.2 Å². The highest BCUT2D eigenvalue weighted by Gasteiger charge is 2.32. The third-order valence-electron chi connectivity index (χ3n) is 4.53. The zero-order valence-corrected chi connectivity index (χ0v) is 12.6. The summed E-state index contributed by atoms with van der Waals surface area (Å²) in [6.07, 6.45) is 2.23. The normalized spacial score (nSPS) is 19.1. The Morgan fingerprint density at radius 1 is 1.25 bits per heavy atom. The summed E-state index contributed by atoms with van der Waals surface area (Å²) in [6.45, 7) is 1.27. The van der Waals surface area contributed by atoms with E-state index in [9.17, 15) is 18.0 Å². The van der Waals surface area contributed by atoms with Crippen LogP contribution in [0.4, 0.5) is 18.0 Å². The second kappa shape index (κ2) is 5.50. The molecule has 2 aromatic rings. The van der Waals surface area contributed by atoms with Gasteiger partial charge in [-0.1, -0.05) is 0 Å². The molecule has 0 bridgehead atoms. The number of rotatable bonds is 1. The van der Waals surface area contributed by atoms with Gasteiger partial charge in [-0.25, -0.2) is 27.6 Å². The Labute approximate surface area is 135 Å². The van der Waals surface area contributed by atoms with E-state index in [0.717, 1.165) is 6.07 Å². The molecule has 1 aliphatic carbocycles. The smallest absolute Gasteiger partial charge is 0.318 e. The van der Waals surface area contributed by atoms with E-state index in [4.69, 9.17) is 0 Å². The Morgan fingerprint density at radius 3 is 2.92 bits per heavy atom. The number of aromatic nitrogens is 3. The highest BCUT2D eigenvalue weighted by atomic mass is 19.2. The van der Waals surface area contributed by atoms with Gasteiger partial charge in [0.25, 0.3) is 0 Å². The molecule has 1 aromatic heterocycles. The first-order chi connectivity index (χ1) is 11.5. The van der Waals surface area contributed by atoms with Gasteiger partial charge in [0.05, 0.1) is 19.1 Å². The molecule has 9 heteroatoms. The molecular formula is C15H14F3N5O. The number of hydrogen-bond acceptors (Lipinski definition) is 3. The SMILES string of the molecule is O=C(NC1CCc2cc(F)c(F)c(F)c21)N1CCn2ncnc2C1. The van der Waals surface area contributed by atoms with Crippen molar-refractivity contribution in [2.45, 2.75) is 32.0 Å². The third-order valence-corrected chi connectivity index (χ3v) is 4.53. The molecule has 1 aliphatic heterocycles. The van der Waals surface area contributed by atoms with Crippen LogP contribution < -0.4 is 5.32 Å². The molecule has 1 unspecified atom stereocenters. The molecule has 2 aliphatic rings. The second-order valence-electron chi connectivity index (χ2n) is 5.92. The summed E-state index contributed by atoms with van der Waals surface area (Å²) in [5, 5.41) is 6.75. The molecule has 1 N–H and O–H groups in total. The fourth-order valence-corrected chi connectivity index (χ4v) is 3.31. The molecule has 2 heterocycles. The highest BCUT2D eigenvalue weighted by Crippen LogP contribution is 2.35. The number of hydrogen-bond donors (Lipinski definition) is 1. The van der Waals surface area contributed by atoms with E-state index in [2.05, 4.69) is 15.4 Å². The lowest BCUT2D eigenvalue weighted by Crippen LogP contribution is -2.45. The summed E-state index contributed by atoms with van der Waals surface area (Å²) < 4.78 is 42.6. The molecule has 0 radical (unpaired) electrons. The molecule has 0 saturated heterocycles. The minimum Gasteiger partial charge on any atom is -0.331 e. The van der Waals surface area contributed by atoms with E-state index in [1.807, 2.05) is 0 Å². The third kappa shape index (κ3) is 2.31. The number of carbonyl (C=O) groups excluding carboxylic acids is 1. The standard InChI is InChI=1S/C15H14F3N5O/c16-9-5-8-1-2-10(12(8)14(18)13(9)17)21-15(24)22-3-4-23-11(6-22)19-7-20-23/h5,7,10H,1-4,6H2,(H,21,24). The summed E-state index contributed by atoms with van der Waals surface area (Å²) in [5.41, 5.74) is 0.442. The van der Waals surface area contributed by atoms with E-state index in [0.29, 0.717) is 43.9 Å². The lowest BCUT2D eigenvalue weighted by atomic mass is 10.1. The van der Waals surface area contributed by atoms with E-state index >= 15 is 0 Å². The monoisotopic (exact) mass is 337 g/mol. The number of amides is 2. The molecule has 0 spiro atoms. The Morgan fingerprint density at radius 2 is 2.08 bits per heavy atom. The van der Waals surface area contributed by atoms with Crippen molar-refractivity contribution in [3.8, 4) is 0 Å². The van der Waals surface area contributed by atoms with Crippen molar-refractivity contribution < 1.29 is 18.0 Å². The van der Waals surface area contributed by atoms with Gasteiger partial charge in [-0.3, -0.25) is 0 Å². The Bertz CT molecular complexity index is 822. The second-order valence-corrected chi connectivity index (χ2v) is 5.92. The Kier molecular flexibility index (Phi) is 3.43. The van der Waals surface area contributed by atoms with Gasteiger partial charge in [-0.15, -0.1) is 0 Å². The zero-order chi connectivity index (χ0) is 16.8. The van der Waals surface area contributed by atoms with Crippen LogP contribution in [0.2, 0.25) is 0 Å². The van der Waals surface area contributed by atoms with Gasteiger partial charge >= 0.3 is 6.03 Å². The minimum absolute atomic E-state index is 0.0439. The van der Waals surface area contributed by atoms with Crippen LogP contribution in [0.1, 0.15) is 29.4 Å². The molecular weight excluding hydrogens is 323 g/mol. The van der Waals surface area contributed by atoms with E-state index in [1.165, 1.54) is 6.33 Å². The van der Waals surface area contributed by atoms with E-state index < -0.39 is 23.5 Å². The van der Waals surface area contributed by atoms with Crippen molar-refractivity contribution in [2.24, 2.45) is 0 Å². The number of nitrogens with zero attached hydrogens (tertiary/aromatic N) is 4. The first-order valence-corrected chi connectivity index (χ1v) is 7.63. The van der Waals surface area contributed by atoms with Gasteiger partial charge in [0.15, 0.2) is 17.5 Å². The van der Waals surface area contributed by atoms with Gasteiger partial charge in [0, 0.05) is 12.1 Å². The molecule has 24 heavy (non-hydrogen) atoms. The number of nitrogens with one attached hydrogen (secondary N) is 1. The predicted octanol–water partition coefficient (Wildman–Crippen LogP) is 1.91. The summed E-state index contributed by atoms with van der Waals surface area (Å²) in [5.74, 6) is -3.25. The maximum atomic E-state index is 14.1. The molecule has 1 aromatic carbocycles. The maximum absolute atomic E-state index is 14.1. The average molecular weight is 337 g/mol. The van der Waals surface area contributed by atoms with Gasteiger partial charge in [-0.05, 0) is 24.5 Å². The average Bonchev–Trinajstić information content (AvgIpc) is 3.19. The van der Waals surface area contributed by atoms with Crippen molar-refractivity contribution in [1.29, 1.82) is 0 Å². The minimum atomic E-state index is -1.50. The molecule has 2 amide bonds. The van der Waals surface area contributed by atoms with Gasteiger partial charge in [0.2, 0.25) is 0 Å². The molecule has 1 atom stereocenters. The number of halogens is 3. The van der Waals surface area contributed by atoms with Crippen LogP contribution in [0.25, 0.3) is 0 Å². The van der Waals surface area contributed by atoms with Crippen LogP contribution in [0.5, 0.6) is 0 Å². The van der Waals surface area contributed by atoms with Crippen LogP contribution in [0.15, 0.2) is 12.4 Å². The van der Waals surface area contributed by atoms with E-state index in [1.54, 1.807) is 9.58 Å². The quantitative estimate of drug-likeness (QED) is 0.809. The van der Waals surface area contributed by atoms with Crippen molar-refractivity contribution >= 4 is 6.03 Å². The first-order valence-electron chi connectivity index (χ1n) is 7.63. The van der Waals surface area contributed by atoms with Crippen LogP contribution in [0.3, 0.4) is 0 Å². The number of fused-ring (bicyclic) bond motifs is 2. The Hall–Kier alpha value is -2.58. The van der Waals surface area contributed by atoms with E-state index in [-0.39, 0.29) is 11.6 Å². The van der Waals surface area contributed by atoms with Crippen molar-refractivity contribution in [1.82, 2.24) is 25.0 Å². The van der Waals surface area contributed by atoms with Gasteiger partial charge in [0.1, 0.15) is 12.2 Å². The van der Waals surface area contributed by atoms with Crippen molar-refractivity contribution in [2.75, 3.05) is 6.54 Å². The number of aryl methyl sites for hydroxylation is 1. The van der Waals surface area contributed by atoms with Crippen molar-refractivity contribution in [3.63, 3.8) is 0 Å². The topological polar surface area (TPSA) is 63.1 Å². The van der Waals surface area contributed by atoms with Crippen LogP contribution in [0, 0.1) is 17.5 Å². The zero-order valence-electron chi connectivity index (χ0n) is 12.6. The lowest BCUT2D eigenvalue weighted by Gasteiger charge is -2.28. The summed E-state index contributed by atoms with van der Waals surface area (Å²) in [7, 11) is 0. The number of urea groups is 1. The fourth-order valence-electron chi connectivity index (χ4n) is 3.31. The molecule has 6 nitrogen and oxygen atoms in total. The Balaban J connectivity index is 1.52. The van der Waals surface area contributed by atoms with Gasteiger partial charge < -0.3 is 10.2 Å². The molecule has 126 valence electrons. The summed E-state index contributed by atoms with van der Waals surface area (Å²) in [6, 6.07) is -0.0443. The summed E-state index contributed by atoms with van der Waals surface area (Å²) >= 11 is 0. The summed E-state index contributed by atoms with van der Waals surface area (Å²) in [4.78, 5) is 18.0. The van der Waals surface area contributed by atoms with Crippen LogP contribution in [-0.2, 0) is 19.5 Å². The number of carbonyl (C=O) groups is 1.